The topological polar surface area (TPSA) is 98.6 Å². The number of carbonyl (C=O) groups is 1. The van der Waals surface area contributed by atoms with Crippen molar-refractivity contribution in [2.75, 3.05) is 31.6 Å². The van der Waals surface area contributed by atoms with Crippen molar-refractivity contribution in [2.45, 2.75) is 0 Å². The number of hydrogen-bond donors (Lipinski definition) is 3. The second-order valence-electron chi connectivity index (χ2n) is 2.96. The SMILES string of the molecule is O=C(Nc1cnccn1)N(CCO)CCO. The lowest BCUT2D eigenvalue weighted by atomic mass is 10.5. The molecule has 0 aliphatic carbocycles. The summed E-state index contributed by atoms with van der Waals surface area (Å²) in [5.74, 6) is 0.327. The smallest absolute Gasteiger partial charge is 0.323 e. The summed E-state index contributed by atoms with van der Waals surface area (Å²) >= 11 is 0. The molecule has 2 amide bonds. The molecule has 1 aromatic heterocycles. The maximum absolute atomic E-state index is 11.6. The van der Waals surface area contributed by atoms with E-state index in [1.165, 1.54) is 23.5 Å². The minimum Gasteiger partial charge on any atom is -0.395 e. The highest BCUT2D eigenvalue weighted by Gasteiger charge is 2.12. The third-order valence-corrected chi connectivity index (χ3v) is 1.83. The zero-order valence-corrected chi connectivity index (χ0v) is 8.70. The Balaban J connectivity index is 2.55. The zero-order chi connectivity index (χ0) is 11.8. The average molecular weight is 226 g/mol. The van der Waals surface area contributed by atoms with E-state index in [-0.39, 0.29) is 26.3 Å². The molecule has 0 radical (unpaired) electrons. The van der Waals surface area contributed by atoms with Crippen LogP contribution >= 0.6 is 0 Å². The number of hydrogen-bond acceptors (Lipinski definition) is 5. The van der Waals surface area contributed by atoms with Crippen LogP contribution in [0.3, 0.4) is 0 Å². The van der Waals surface area contributed by atoms with E-state index in [4.69, 9.17) is 10.2 Å². The third kappa shape index (κ3) is 3.79. The summed E-state index contributed by atoms with van der Waals surface area (Å²) in [4.78, 5) is 20.6. The van der Waals surface area contributed by atoms with E-state index in [0.29, 0.717) is 5.82 Å². The van der Waals surface area contributed by atoms with Gasteiger partial charge in [-0.25, -0.2) is 9.78 Å². The first-order valence-electron chi connectivity index (χ1n) is 4.81. The summed E-state index contributed by atoms with van der Waals surface area (Å²) in [5.41, 5.74) is 0. The van der Waals surface area contributed by atoms with E-state index >= 15 is 0 Å². The van der Waals surface area contributed by atoms with E-state index in [0.717, 1.165) is 0 Å². The van der Waals surface area contributed by atoms with E-state index in [2.05, 4.69) is 15.3 Å². The predicted octanol–water partition coefficient (Wildman–Crippen LogP) is -0.705. The zero-order valence-electron chi connectivity index (χ0n) is 8.70. The number of aliphatic hydroxyl groups excluding tert-OH is 2. The molecule has 3 N–H and O–H groups in total. The molecule has 1 aromatic rings. The Morgan fingerprint density at radius 1 is 1.31 bits per heavy atom. The molecule has 7 heteroatoms. The molecule has 16 heavy (non-hydrogen) atoms. The van der Waals surface area contributed by atoms with Gasteiger partial charge in [-0.2, -0.15) is 0 Å². The molecule has 0 spiro atoms. The van der Waals surface area contributed by atoms with Crippen molar-refractivity contribution in [2.24, 2.45) is 0 Å². The number of nitrogens with one attached hydrogen (secondary N) is 1. The van der Waals surface area contributed by atoms with Crippen LogP contribution in [0.25, 0.3) is 0 Å². The molecule has 1 heterocycles. The van der Waals surface area contributed by atoms with Gasteiger partial charge < -0.3 is 15.1 Å². The van der Waals surface area contributed by atoms with Gasteiger partial charge in [-0.3, -0.25) is 10.3 Å². The second kappa shape index (κ2) is 6.70. The molecular formula is C9H14N4O3. The molecular weight excluding hydrogens is 212 g/mol. The summed E-state index contributed by atoms with van der Waals surface area (Å²) in [6, 6.07) is -0.427. The van der Waals surface area contributed by atoms with Crippen LogP contribution in [0.4, 0.5) is 10.6 Å². The van der Waals surface area contributed by atoms with Gasteiger partial charge in [0.05, 0.1) is 19.4 Å². The Kier molecular flexibility index (Phi) is 5.17. The summed E-state index contributed by atoms with van der Waals surface area (Å²) in [5, 5.41) is 20.0. The van der Waals surface area contributed by atoms with Crippen LogP contribution in [-0.4, -0.2) is 57.4 Å². The van der Waals surface area contributed by atoms with Crippen LogP contribution in [0.15, 0.2) is 18.6 Å². The van der Waals surface area contributed by atoms with Crippen LogP contribution < -0.4 is 5.32 Å². The number of rotatable bonds is 5. The van der Waals surface area contributed by atoms with Gasteiger partial charge >= 0.3 is 6.03 Å². The predicted molar refractivity (Wildman–Crippen MR) is 56.8 cm³/mol. The van der Waals surface area contributed by atoms with Gasteiger partial charge in [0.1, 0.15) is 0 Å². The number of urea groups is 1. The number of aromatic nitrogens is 2. The third-order valence-electron chi connectivity index (χ3n) is 1.83. The maximum atomic E-state index is 11.6. The summed E-state index contributed by atoms with van der Waals surface area (Å²) in [7, 11) is 0. The van der Waals surface area contributed by atoms with Crippen LogP contribution in [0.5, 0.6) is 0 Å². The fraction of sp³-hybridized carbons (Fsp3) is 0.444. The van der Waals surface area contributed by atoms with Gasteiger partial charge in [0, 0.05) is 25.5 Å². The molecule has 0 atom stereocenters. The van der Waals surface area contributed by atoms with Crippen molar-refractivity contribution >= 4 is 11.8 Å². The van der Waals surface area contributed by atoms with Gasteiger partial charge in [-0.15, -0.1) is 0 Å². The Morgan fingerprint density at radius 2 is 2.00 bits per heavy atom. The highest BCUT2D eigenvalue weighted by Crippen LogP contribution is 2.00. The van der Waals surface area contributed by atoms with E-state index in [9.17, 15) is 4.79 Å². The van der Waals surface area contributed by atoms with Crippen LogP contribution in [0, 0.1) is 0 Å². The Bertz CT molecular complexity index is 314. The normalized spacial score (nSPS) is 9.88. The van der Waals surface area contributed by atoms with Crippen molar-refractivity contribution in [1.82, 2.24) is 14.9 Å². The van der Waals surface area contributed by atoms with E-state index < -0.39 is 6.03 Å². The minimum atomic E-state index is -0.427. The fourth-order valence-corrected chi connectivity index (χ4v) is 1.11. The maximum Gasteiger partial charge on any atom is 0.323 e. The Morgan fingerprint density at radius 3 is 2.50 bits per heavy atom. The first-order chi connectivity index (χ1) is 7.77. The molecule has 0 aliphatic rings. The first kappa shape index (κ1) is 12.3. The van der Waals surface area contributed by atoms with Crippen LogP contribution in [-0.2, 0) is 0 Å². The summed E-state index contributed by atoms with van der Waals surface area (Å²) in [6.45, 7) is 0.00108. The van der Waals surface area contributed by atoms with Gasteiger partial charge in [-0.1, -0.05) is 0 Å². The molecule has 0 saturated heterocycles. The van der Waals surface area contributed by atoms with Crippen molar-refractivity contribution in [3.8, 4) is 0 Å². The molecule has 0 fully saturated rings. The minimum absolute atomic E-state index is 0.159. The summed E-state index contributed by atoms with van der Waals surface area (Å²) in [6.07, 6.45) is 4.36. The number of carbonyl (C=O) groups excluding carboxylic acids is 1. The Labute approximate surface area is 92.8 Å². The van der Waals surface area contributed by atoms with E-state index in [1.807, 2.05) is 0 Å². The number of anilines is 1. The molecule has 1 rings (SSSR count). The second-order valence-corrected chi connectivity index (χ2v) is 2.96. The van der Waals surface area contributed by atoms with Gasteiger partial charge in [0.2, 0.25) is 0 Å². The van der Waals surface area contributed by atoms with Gasteiger partial charge in [-0.05, 0) is 0 Å². The first-order valence-corrected chi connectivity index (χ1v) is 4.81. The lowest BCUT2D eigenvalue weighted by Gasteiger charge is -2.20. The molecule has 0 saturated carbocycles. The van der Waals surface area contributed by atoms with Gasteiger partial charge in [0.25, 0.3) is 0 Å². The molecule has 7 nitrogen and oxygen atoms in total. The number of amides is 2. The standard InChI is InChI=1S/C9H14N4O3/c14-5-3-13(4-6-15)9(16)12-8-7-10-1-2-11-8/h1-2,7,14-15H,3-6H2,(H,11,12,16). The molecule has 0 unspecified atom stereocenters. The number of nitrogens with zero attached hydrogens (tertiary/aromatic N) is 3. The highest BCUT2D eigenvalue weighted by atomic mass is 16.3. The molecule has 0 aliphatic heterocycles. The largest absolute Gasteiger partial charge is 0.395 e. The molecule has 0 aromatic carbocycles. The van der Waals surface area contributed by atoms with Gasteiger partial charge in [0.15, 0.2) is 5.82 Å². The fourth-order valence-electron chi connectivity index (χ4n) is 1.11. The van der Waals surface area contributed by atoms with Crippen molar-refractivity contribution < 1.29 is 15.0 Å². The molecule has 88 valence electrons. The van der Waals surface area contributed by atoms with E-state index in [1.54, 1.807) is 0 Å². The lowest BCUT2D eigenvalue weighted by Crippen LogP contribution is -2.39. The Hall–Kier alpha value is -1.73. The van der Waals surface area contributed by atoms with Crippen molar-refractivity contribution in [3.05, 3.63) is 18.6 Å². The molecule has 0 bridgehead atoms. The van der Waals surface area contributed by atoms with Crippen molar-refractivity contribution in [3.63, 3.8) is 0 Å². The quantitative estimate of drug-likeness (QED) is 0.616. The monoisotopic (exact) mass is 226 g/mol. The number of aliphatic hydroxyl groups is 2. The lowest BCUT2D eigenvalue weighted by molar-refractivity contribution is 0.167. The highest BCUT2D eigenvalue weighted by molar-refractivity contribution is 5.88. The van der Waals surface area contributed by atoms with Crippen molar-refractivity contribution in [1.29, 1.82) is 0 Å². The summed E-state index contributed by atoms with van der Waals surface area (Å²) < 4.78 is 0. The average Bonchev–Trinajstić information content (AvgIpc) is 2.30. The van der Waals surface area contributed by atoms with Crippen LogP contribution in [0.2, 0.25) is 0 Å². The van der Waals surface area contributed by atoms with Crippen LogP contribution in [0.1, 0.15) is 0 Å².